The Morgan fingerprint density at radius 2 is 0.977 bits per heavy atom. The summed E-state index contributed by atoms with van der Waals surface area (Å²) in [5, 5.41) is 11.6. The van der Waals surface area contributed by atoms with E-state index in [1.54, 1.807) is 98.8 Å². The van der Waals surface area contributed by atoms with E-state index in [1.165, 1.54) is 66.9 Å². The number of carbonyl (C=O) groups is 5. The molecule has 2 fully saturated rings. The molecule has 6 atom stereocenters. The van der Waals surface area contributed by atoms with Gasteiger partial charge in [-0.1, -0.05) is 42.5 Å². The molecule has 462 valence electrons. The van der Waals surface area contributed by atoms with Gasteiger partial charge in [-0.3, -0.25) is 33.9 Å². The first-order valence-corrected chi connectivity index (χ1v) is 32.4. The largest absolute Gasteiger partial charge is 0.343 e. The fourth-order valence-electron chi connectivity index (χ4n) is 10.9. The van der Waals surface area contributed by atoms with Crippen molar-refractivity contribution in [2.24, 2.45) is 0 Å². The Balaban J connectivity index is 0.808. The number of nitrogens with one attached hydrogen (secondary N) is 6. The summed E-state index contributed by atoms with van der Waals surface area (Å²) in [7, 11) is -4.62. The molecule has 87 heavy (non-hydrogen) atoms. The number of likely N-dealkylation sites (tertiary alicyclic amines) is 2. The Morgan fingerprint density at radius 3 is 1.44 bits per heavy atom. The molecule has 6 N–H and O–H groups in total. The average molecular weight is 1230 g/mol. The van der Waals surface area contributed by atoms with Gasteiger partial charge in [-0.2, -0.15) is 0 Å². The molecule has 2 saturated heterocycles. The molecule has 4 aromatic carbocycles. The maximum atomic E-state index is 14.3. The average Bonchev–Trinajstić information content (AvgIpc) is 2.49. The van der Waals surface area contributed by atoms with Gasteiger partial charge in [-0.15, -0.1) is 0 Å². The lowest BCUT2D eigenvalue weighted by atomic mass is 9.99. The number of sulfonamides is 2. The van der Waals surface area contributed by atoms with Crippen LogP contribution in [0.2, 0.25) is 0 Å². The van der Waals surface area contributed by atoms with Crippen LogP contribution in [0.5, 0.6) is 0 Å². The van der Waals surface area contributed by atoms with Gasteiger partial charge in [0.05, 0.1) is 34.0 Å². The maximum absolute atomic E-state index is 14.3. The van der Waals surface area contributed by atoms with Crippen molar-refractivity contribution < 1.29 is 49.6 Å². The van der Waals surface area contributed by atoms with Gasteiger partial charge in [-0.25, -0.2) is 35.1 Å². The molecule has 8 rings (SSSR count). The van der Waals surface area contributed by atoms with Gasteiger partial charge in [0.1, 0.15) is 23.7 Å². The molecule has 2 aliphatic rings. The quantitative estimate of drug-likeness (QED) is 0.0204. The van der Waals surface area contributed by atoms with E-state index in [4.69, 9.17) is 0 Å². The highest BCUT2D eigenvalue weighted by atomic mass is 32.2. The minimum atomic E-state index is -3.96. The van der Waals surface area contributed by atoms with Gasteiger partial charge in [0.25, 0.3) is 0 Å². The van der Waals surface area contributed by atoms with E-state index in [1.807, 2.05) is 6.07 Å². The molecule has 6 unspecified atom stereocenters. The van der Waals surface area contributed by atoms with Gasteiger partial charge in [0, 0.05) is 62.1 Å². The van der Waals surface area contributed by atoms with Crippen LogP contribution in [0.15, 0.2) is 144 Å². The Kier molecular flexibility index (Phi) is 22.7. The SMILES string of the molecule is CNC(C)C(=O)NC(CCCCNS(=O)(=O)c1ccc(-c2ccc(S(=O)(=O)NCCCCC(NC(=O)C(C)NC)C(=O)N3CCCC3c3cncc(C(=O)c4ccc(F)cc4)c3)cc2)cc1)C(=O)N1CCCC1c1cncc(Cc2ccc(F)cc2)c1. The van der Waals surface area contributed by atoms with Crippen molar-refractivity contribution in [3.63, 3.8) is 0 Å². The molecule has 4 amide bonds. The Morgan fingerprint density at radius 1 is 0.540 bits per heavy atom. The van der Waals surface area contributed by atoms with Crippen molar-refractivity contribution in [1.29, 1.82) is 0 Å². The number of halogens is 2. The second kappa shape index (κ2) is 30.3. The fraction of sp³-hybridized carbons (Fsp3) is 0.391. The van der Waals surface area contributed by atoms with Crippen molar-refractivity contribution in [2.45, 2.75) is 131 Å². The predicted octanol–water partition coefficient (Wildman–Crippen LogP) is 7.05. The Labute approximate surface area is 508 Å². The van der Waals surface area contributed by atoms with E-state index in [0.717, 1.165) is 23.1 Å². The van der Waals surface area contributed by atoms with E-state index in [-0.39, 0.29) is 77.0 Å². The molecule has 6 aromatic rings. The van der Waals surface area contributed by atoms with E-state index in [2.05, 4.69) is 40.7 Å². The number of pyridine rings is 2. The molecule has 4 heterocycles. The molecule has 0 spiro atoms. The first-order valence-electron chi connectivity index (χ1n) is 29.4. The summed E-state index contributed by atoms with van der Waals surface area (Å²) in [5.41, 5.74) is 5.25. The molecule has 0 aliphatic carbocycles. The first kappa shape index (κ1) is 65.3. The van der Waals surface area contributed by atoms with Crippen LogP contribution in [0.4, 0.5) is 8.78 Å². The molecule has 2 aliphatic heterocycles. The maximum Gasteiger partial charge on any atom is 0.245 e. The number of ketones is 1. The van der Waals surface area contributed by atoms with Crippen molar-refractivity contribution in [2.75, 3.05) is 40.3 Å². The number of hydrogen-bond acceptors (Lipinski definition) is 13. The summed E-state index contributed by atoms with van der Waals surface area (Å²) in [4.78, 5) is 80.4. The van der Waals surface area contributed by atoms with Crippen molar-refractivity contribution >= 4 is 49.5 Å². The van der Waals surface area contributed by atoms with Crippen LogP contribution < -0.4 is 30.7 Å². The molecule has 19 nitrogen and oxygen atoms in total. The lowest BCUT2D eigenvalue weighted by molar-refractivity contribution is -0.138. The normalized spacial score (nSPS) is 16.7. The van der Waals surface area contributed by atoms with Crippen LogP contribution in [0.25, 0.3) is 11.1 Å². The molecule has 0 radical (unpaired) electrons. The highest BCUT2D eigenvalue weighted by Gasteiger charge is 2.37. The van der Waals surface area contributed by atoms with E-state index >= 15 is 0 Å². The number of unbranched alkanes of at least 4 members (excludes halogenated alkanes) is 2. The van der Waals surface area contributed by atoms with Crippen molar-refractivity contribution in [3.05, 3.63) is 179 Å². The second-order valence-electron chi connectivity index (χ2n) is 22.1. The molecule has 0 bridgehead atoms. The van der Waals surface area contributed by atoms with E-state index in [0.29, 0.717) is 92.3 Å². The summed E-state index contributed by atoms with van der Waals surface area (Å²) in [6.07, 6.45) is 11.9. The third kappa shape index (κ3) is 17.3. The van der Waals surface area contributed by atoms with Crippen LogP contribution in [0.3, 0.4) is 0 Å². The van der Waals surface area contributed by atoms with E-state index < -0.39 is 56.1 Å². The predicted molar refractivity (Wildman–Crippen MR) is 326 cm³/mol. The monoisotopic (exact) mass is 1230 g/mol. The first-order chi connectivity index (χ1) is 41.7. The molecular weight excluding hydrogens is 1150 g/mol. The van der Waals surface area contributed by atoms with Crippen LogP contribution in [-0.4, -0.2) is 130 Å². The molecule has 2 aromatic heterocycles. The number of aromatic nitrogens is 2. The summed E-state index contributed by atoms with van der Waals surface area (Å²) < 4.78 is 86.2. The second-order valence-corrected chi connectivity index (χ2v) is 25.7. The van der Waals surface area contributed by atoms with Gasteiger partial charge in [-0.05, 0) is 199 Å². The minimum Gasteiger partial charge on any atom is -0.343 e. The van der Waals surface area contributed by atoms with Crippen LogP contribution in [0, 0.1) is 11.6 Å². The standard InChI is InChI=1S/C64H76F2N10O9S2/c1-42(67-3)61(78)73-56(63(80)75-33-9-13-58(75)49-36-45(38-69-39-49)35-44-15-23-52(65)24-16-44)11-5-7-31-71-86(82,83)54-27-19-46(20-28-54)47-21-29-55(30-22-47)87(84,85)72-32-8-6-12-57(74-62(79)43(2)68-4)64(81)76-34-10-14-59(76)50-37-51(41-70-40-50)60(77)48-17-25-53(66)26-18-48/h15-30,36-43,56-59,67-68,71-72H,5-14,31-35H2,1-4H3,(H,73,78)(H,74,79). The van der Waals surface area contributed by atoms with Gasteiger partial charge < -0.3 is 31.1 Å². The fourth-order valence-corrected chi connectivity index (χ4v) is 13.0. The minimum absolute atomic E-state index is 0.0130. The molecular formula is C64H76F2N10O9S2. The smallest absolute Gasteiger partial charge is 0.245 e. The van der Waals surface area contributed by atoms with Crippen LogP contribution in [0.1, 0.15) is 128 Å². The highest BCUT2D eigenvalue weighted by molar-refractivity contribution is 7.89. The third-order valence-corrected chi connectivity index (χ3v) is 19.0. The zero-order chi connectivity index (χ0) is 62.3. The number of rotatable bonds is 29. The number of benzene rings is 4. The van der Waals surface area contributed by atoms with Gasteiger partial charge in [0.15, 0.2) is 5.78 Å². The Hall–Kier alpha value is -7.67. The highest BCUT2D eigenvalue weighted by Crippen LogP contribution is 2.35. The zero-order valence-electron chi connectivity index (χ0n) is 49.3. The third-order valence-electron chi connectivity index (χ3n) is 16.1. The number of hydrogen-bond donors (Lipinski definition) is 6. The lowest BCUT2D eigenvalue weighted by Gasteiger charge is -2.30. The summed E-state index contributed by atoms with van der Waals surface area (Å²) in [6.45, 7) is 4.40. The number of likely N-dealkylation sites (N-methyl/N-ethyl adjacent to an activating group) is 2. The topological polar surface area (TPSA) is 258 Å². The van der Waals surface area contributed by atoms with E-state index in [9.17, 15) is 49.6 Å². The van der Waals surface area contributed by atoms with Crippen molar-refractivity contribution in [3.8, 4) is 11.1 Å². The summed E-state index contributed by atoms with van der Waals surface area (Å²) >= 11 is 0. The Bertz CT molecular complexity index is 3580. The molecule has 0 saturated carbocycles. The number of carbonyl (C=O) groups excluding carboxylic acids is 5. The number of amides is 4. The van der Waals surface area contributed by atoms with Crippen LogP contribution in [-0.2, 0) is 45.6 Å². The van der Waals surface area contributed by atoms with Crippen LogP contribution >= 0.6 is 0 Å². The lowest BCUT2D eigenvalue weighted by Crippen LogP contribution is -2.52. The van der Waals surface area contributed by atoms with Gasteiger partial charge >= 0.3 is 0 Å². The summed E-state index contributed by atoms with van der Waals surface area (Å²) in [6, 6.07) is 24.0. The zero-order valence-corrected chi connectivity index (χ0v) is 50.9. The number of nitrogens with zero attached hydrogens (tertiary/aromatic N) is 4. The summed E-state index contributed by atoms with van der Waals surface area (Å²) in [5.74, 6) is -2.37. The van der Waals surface area contributed by atoms with Gasteiger partial charge in [0.2, 0.25) is 43.7 Å². The van der Waals surface area contributed by atoms with Crippen molar-refractivity contribution in [1.82, 2.24) is 50.5 Å². The molecule has 23 heteroatoms.